The molecule has 7 heteroatoms. The van der Waals surface area contributed by atoms with Crippen LogP contribution >= 0.6 is 23.2 Å². The lowest BCUT2D eigenvalue weighted by Gasteiger charge is -2.03. The molecule has 0 amide bonds. The van der Waals surface area contributed by atoms with Gasteiger partial charge in [-0.1, -0.05) is 23.2 Å². The molecular weight excluding hydrogens is 259 g/mol. The Morgan fingerprint density at radius 2 is 1.81 bits per heavy atom. The summed E-state index contributed by atoms with van der Waals surface area (Å²) >= 11 is 11.4. The van der Waals surface area contributed by atoms with Crippen molar-refractivity contribution in [1.82, 2.24) is 0 Å². The van der Waals surface area contributed by atoms with E-state index in [0.29, 0.717) is 0 Å². The Balaban J connectivity index is 2.81. The summed E-state index contributed by atoms with van der Waals surface area (Å²) < 4.78 is 4.29. The predicted molar refractivity (Wildman–Crippen MR) is 53.2 cm³/mol. The standard InChI is InChI=1S/C9H2Cl2O5/c10-5-3(7(12)13)1-2-4(6(5)11)9(15)16-8(2)14/h1H,(H,12,13). The summed E-state index contributed by atoms with van der Waals surface area (Å²) in [4.78, 5) is 33.2. The Morgan fingerprint density at radius 1 is 1.19 bits per heavy atom. The van der Waals surface area contributed by atoms with Gasteiger partial charge in [0.1, 0.15) is 0 Å². The van der Waals surface area contributed by atoms with E-state index in [1.165, 1.54) is 0 Å². The number of carboxylic acids is 1. The molecule has 0 radical (unpaired) electrons. The minimum absolute atomic E-state index is 0.184. The summed E-state index contributed by atoms with van der Waals surface area (Å²) in [5, 5.41) is 8.22. The Labute approximate surface area is 98.5 Å². The number of rotatable bonds is 1. The third-order valence-corrected chi connectivity index (χ3v) is 2.91. The number of carboxylic acid groups (broad SMARTS) is 1. The summed E-state index contributed by atoms with van der Waals surface area (Å²) in [6.45, 7) is 0. The van der Waals surface area contributed by atoms with Crippen LogP contribution in [-0.4, -0.2) is 23.0 Å². The maximum absolute atomic E-state index is 11.2. The number of ether oxygens (including phenoxy) is 1. The van der Waals surface area contributed by atoms with Crippen molar-refractivity contribution >= 4 is 41.1 Å². The molecule has 82 valence electrons. The summed E-state index contributed by atoms with van der Waals surface area (Å²) in [6.07, 6.45) is 0. The number of benzene rings is 1. The first-order valence-corrected chi connectivity index (χ1v) is 4.71. The van der Waals surface area contributed by atoms with Crippen LogP contribution in [0.15, 0.2) is 6.07 Å². The van der Waals surface area contributed by atoms with Gasteiger partial charge in [-0.05, 0) is 6.07 Å². The Kier molecular flexibility index (Phi) is 2.36. The molecule has 0 saturated carbocycles. The summed E-state index contributed by atoms with van der Waals surface area (Å²) in [5.41, 5.74) is -0.726. The third kappa shape index (κ3) is 1.36. The Bertz CT molecular complexity index is 549. The molecule has 5 nitrogen and oxygen atoms in total. The van der Waals surface area contributed by atoms with E-state index in [1.54, 1.807) is 0 Å². The van der Waals surface area contributed by atoms with Gasteiger partial charge in [0.25, 0.3) is 0 Å². The van der Waals surface area contributed by atoms with E-state index in [9.17, 15) is 14.4 Å². The normalized spacial score (nSPS) is 13.6. The van der Waals surface area contributed by atoms with Crippen LogP contribution in [0.4, 0.5) is 0 Å². The predicted octanol–water partition coefficient (Wildman–Crippen LogP) is 2.00. The fourth-order valence-corrected chi connectivity index (χ4v) is 1.84. The van der Waals surface area contributed by atoms with Crippen molar-refractivity contribution in [3.63, 3.8) is 0 Å². The first kappa shape index (κ1) is 10.9. The molecule has 1 N–H and O–H groups in total. The molecule has 0 saturated heterocycles. The van der Waals surface area contributed by atoms with Crippen molar-refractivity contribution in [2.75, 3.05) is 0 Å². The second-order valence-corrected chi connectivity index (χ2v) is 3.71. The molecule has 1 heterocycles. The van der Waals surface area contributed by atoms with Crippen molar-refractivity contribution in [2.24, 2.45) is 0 Å². The zero-order valence-corrected chi connectivity index (χ0v) is 8.93. The highest BCUT2D eigenvalue weighted by atomic mass is 35.5. The molecule has 0 spiro atoms. The number of carbonyl (C=O) groups excluding carboxylic acids is 2. The molecule has 0 bridgehead atoms. The molecule has 2 rings (SSSR count). The highest BCUT2D eigenvalue weighted by molar-refractivity contribution is 6.46. The van der Waals surface area contributed by atoms with Gasteiger partial charge in [-0.2, -0.15) is 0 Å². The third-order valence-electron chi connectivity index (χ3n) is 2.05. The van der Waals surface area contributed by atoms with Crippen LogP contribution in [0.1, 0.15) is 31.1 Å². The van der Waals surface area contributed by atoms with Gasteiger partial charge in [0.2, 0.25) is 0 Å². The molecule has 1 aromatic rings. The van der Waals surface area contributed by atoms with Gasteiger partial charge in [-0.25, -0.2) is 14.4 Å². The van der Waals surface area contributed by atoms with Crippen molar-refractivity contribution in [1.29, 1.82) is 0 Å². The van der Waals surface area contributed by atoms with Gasteiger partial charge in [-0.3, -0.25) is 0 Å². The first-order valence-electron chi connectivity index (χ1n) is 3.95. The SMILES string of the molecule is O=C(O)c1cc2c(c(Cl)c1Cl)C(=O)OC2=O. The van der Waals surface area contributed by atoms with Gasteiger partial charge in [-0.15, -0.1) is 0 Å². The first-order chi connectivity index (χ1) is 7.43. The molecule has 0 atom stereocenters. The highest BCUT2D eigenvalue weighted by Gasteiger charge is 2.35. The van der Waals surface area contributed by atoms with Gasteiger partial charge < -0.3 is 9.84 Å². The van der Waals surface area contributed by atoms with E-state index >= 15 is 0 Å². The number of halogens is 2. The fraction of sp³-hybridized carbons (Fsp3) is 0. The minimum atomic E-state index is -1.35. The van der Waals surface area contributed by atoms with Gasteiger partial charge >= 0.3 is 17.9 Å². The molecule has 1 aliphatic heterocycles. The van der Waals surface area contributed by atoms with Crippen LogP contribution in [0.25, 0.3) is 0 Å². The van der Waals surface area contributed by atoms with Crippen LogP contribution < -0.4 is 0 Å². The molecule has 1 aromatic carbocycles. The average molecular weight is 261 g/mol. The average Bonchev–Trinajstić information content (AvgIpc) is 2.47. The van der Waals surface area contributed by atoms with E-state index in [1.807, 2.05) is 0 Å². The maximum atomic E-state index is 11.2. The number of aromatic carboxylic acids is 1. The number of hydrogen-bond donors (Lipinski definition) is 1. The lowest BCUT2D eigenvalue weighted by molar-refractivity contribution is 0.0443. The number of fused-ring (bicyclic) bond motifs is 1. The highest BCUT2D eigenvalue weighted by Crippen LogP contribution is 2.35. The second-order valence-electron chi connectivity index (χ2n) is 2.96. The monoisotopic (exact) mass is 260 g/mol. The zero-order chi connectivity index (χ0) is 12.0. The van der Waals surface area contributed by atoms with Crippen LogP contribution in [0.5, 0.6) is 0 Å². The zero-order valence-electron chi connectivity index (χ0n) is 7.41. The summed E-state index contributed by atoms with van der Waals surface area (Å²) in [7, 11) is 0. The van der Waals surface area contributed by atoms with Gasteiger partial charge in [0, 0.05) is 0 Å². The topological polar surface area (TPSA) is 80.7 Å². The number of carbonyl (C=O) groups is 3. The van der Waals surface area contributed by atoms with E-state index in [2.05, 4.69) is 4.74 Å². The molecule has 0 aliphatic carbocycles. The molecular formula is C9H2Cl2O5. The lowest BCUT2D eigenvalue weighted by Crippen LogP contribution is -2.03. The van der Waals surface area contributed by atoms with Crippen molar-refractivity contribution in [2.45, 2.75) is 0 Å². The van der Waals surface area contributed by atoms with Crippen LogP contribution in [0.2, 0.25) is 10.0 Å². The Hall–Kier alpha value is -1.59. The van der Waals surface area contributed by atoms with Crippen molar-refractivity contribution in [3.8, 4) is 0 Å². The molecule has 0 unspecified atom stereocenters. The number of cyclic esters (lactones) is 2. The summed E-state index contributed by atoms with van der Waals surface area (Å²) in [6, 6.07) is 0.971. The van der Waals surface area contributed by atoms with Crippen molar-refractivity contribution < 1.29 is 24.2 Å². The van der Waals surface area contributed by atoms with Crippen molar-refractivity contribution in [3.05, 3.63) is 32.8 Å². The molecule has 1 aliphatic rings. The summed E-state index contributed by atoms with van der Waals surface area (Å²) in [5.74, 6) is -3.20. The van der Waals surface area contributed by atoms with Crippen LogP contribution in [0, 0.1) is 0 Å². The molecule has 0 fully saturated rings. The van der Waals surface area contributed by atoms with E-state index in [0.717, 1.165) is 6.07 Å². The Morgan fingerprint density at radius 3 is 2.38 bits per heavy atom. The van der Waals surface area contributed by atoms with E-state index in [-0.39, 0.29) is 26.7 Å². The minimum Gasteiger partial charge on any atom is -0.478 e. The largest absolute Gasteiger partial charge is 0.478 e. The van der Waals surface area contributed by atoms with Crippen LogP contribution in [0.3, 0.4) is 0 Å². The van der Waals surface area contributed by atoms with Gasteiger partial charge in [0.05, 0.1) is 26.7 Å². The van der Waals surface area contributed by atoms with Gasteiger partial charge in [0.15, 0.2) is 0 Å². The molecule has 16 heavy (non-hydrogen) atoms. The van der Waals surface area contributed by atoms with E-state index in [4.69, 9.17) is 28.3 Å². The van der Waals surface area contributed by atoms with Crippen LogP contribution in [-0.2, 0) is 4.74 Å². The van der Waals surface area contributed by atoms with E-state index < -0.39 is 17.9 Å². The lowest BCUT2D eigenvalue weighted by atomic mass is 10.1. The second kappa shape index (κ2) is 3.47. The number of hydrogen-bond acceptors (Lipinski definition) is 4. The fourth-order valence-electron chi connectivity index (χ4n) is 1.33. The smallest absolute Gasteiger partial charge is 0.348 e. The molecule has 0 aromatic heterocycles. The quantitative estimate of drug-likeness (QED) is 0.617. The number of esters is 2. The maximum Gasteiger partial charge on any atom is 0.348 e.